The number of sulfonamides is 1. The number of piperazine rings is 1. The molecule has 0 amide bonds. The van der Waals surface area contributed by atoms with Crippen LogP contribution in [0.2, 0.25) is 0 Å². The van der Waals surface area contributed by atoms with Crippen LogP contribution in [0.5, 0.6) is 5.75 Å². The quantitative estimate of drug-likeness (QED) is 0.829. The molecule has 0 spiro atoms. The Labute approximate surface area is 126 Å². The zero-order valence-corrected chi connectivity index (χ0v) is 13.1. The second-order valence-corrected chi connectivity index (χ2v) is 7.04. The van der Waals surface area contributed by atoms with Crippen molar-refractivity contribution < 1.29 is 18.3 Å². The summed E-state index contributed by atoms with van der Waals surface area (Å²) in [6.07, 6.45) is 0.287. The first-order valence-electron chi connectivity index (χ1n) is 7.05. The molecule has 0 aromatic heterocycles. The van der Waals surface area contributed by atoms with E-state index in [0.717, 1.165) is 11.4 Å². The summed E-state index contributed by atoms with van der Waals surface area (Å²) in [5.41, 5.74) is 0.993. The fourth-order valence-corrected chi connectivity index (χ4v) is 3.95. The zero-order chi connectivity index (χ0) is 15.3. The minimum absolute atomic E-state index is 0.0121. The molecule has 1 saturated heterocycles. The molecule has 1 aliphatic heterocycles. The lowest BCUT2D eigenvalue weighted by atomic mass is 10.2. The number of methoxy groups -OCH3 is 1. The number of ether oxygens (including phenoxy) is 1. The molecule has 1 heterocycles. The number of anilines is 1. The third-order valence-electron chi connectivity index (χ3n) is 3.62. The Morgan fingerprint density at radius 1 is 1.19 bits per heavy atom. The molecule has 1 fully saturated rings. The molecular weight excluding hydrogens is 292 g/mol. The van der Waals surface area contributed by atoms with Gasteiger partial charge in [-0.15, -0.1) is 0 Å². The van der Waals surface area contributed by atoms with Crippen LogP contribution in [0.3, 0.4) is 0 Å². The maximum absolute atomic E-state index is 12.1. The molecule has 0 aliphatic carbocycles. The van der Waals surface area contributed by atoms with Gasteiger partial charge in [-0.3, -0.25) is 0 Å². The molecule has 1 aromatic rings. The van der Waals surface area contributed by atoms with Gasteiger partial charge < -0.3 is 14.7 Å². The second-order valence-electron chi connectivity index (χ2n) is 4.95. The number of aliphatic hydroxyl groups is 1. The standard InChI is InChI=1S/C14H22N2O4S/c1-20-14-6-3-2-5-13(14)15-7-9-16(10-8-15)21(18,19)12-4-11-17/h2-3,5-6,17H,4,7-12H2,1H3. The van der Waals surface area contributed by atoms with Crippen LogP contribution < -0.4 is 9.64 Å². The van der Waals surface area contributed by atoms with E-state index in [1.165, 1.54) is 4.31 Å². The van der Waals surface area contributed by atoms with E-state index >= 15 is 0 Å². The van der Waals surface area contributed by atoms with Crippen molar-refractivity contribution in [2.24, 2.45) is 0 Å². The number of nitrogens with zero attached hydrogens (tertiary/aromatic N) is 2. The monoisotopic (exact) mass is 314 g/mol. The summed E-state index contributed by atoms with van der Waals surface area (Å²) in [4.78, 5) is 2.14. The topological polar surface area (TPSA) is 70.1 Å². The molecule has 6 nitrogen and oxygen atoms in total. The van der Waals surface area contributed by atoms with Crippen LogP contribution in [0, 0.1) is 0 Å². The Hall–Kier alpha value is -1.31. The first-order valence-corrected chi connectivity index (χ1v) is 8.66. The van der Waals surface area contributed by atoms with Gasteiger partial charge in [0.05, 0.1) is 18.6 Å². The molecule has 1 N–H and O–H groups in total. The number of para-hydroxylation sites is 2. The predicted octanol–water partition coefficient (Wildman–Crippen LogP) is 0.529. The smallest absolute Gasteiger partial charge is 0.214 e. The lowest BCUT2D eigenvalue weighted by Gasteiger charge is -2.35. The van der Waals surface area contributed by atoms with E-state index in [9.17, 15) is 8.42 Å². The lowest BCUT2D eigenvalue weighted by molar-refractivity contribution is 0.293. The number of benzene rings is 1. The number of hydrogen-bond acceptors (Lipinski definition) is 5. The van der Waals surface area contributed by atoms with Gasteiger partial charge in [0.1, 0.15) is 5.75 Å². The van der Waals surface area contributed by atoms with Crippen molar-refractivity contribution in [1.29, 1.82) is 0 Å². The molecule has 1 aromatic carbocycles. The minimum Gasteiger partial charge on any atom is -0.495 e. The Bertz CT molecular complexity index is 554. The van der Waals surface area contributed by atoms with Crippen LogP contribution in [0.25, 0.3) is 0 Å². The van der Waals surface area contributed by atoms with Gasteiger partial charge in [-0.1, -0.05) is 12.1 Å². The largest absolute Gasteiger partial charge is 0.495 e. The van der Waals surface area contributed by atoms with E-state index in [-0.39, 0.29) is 18.8 Å². The van der Waals surface area contributed by atoms with Gasteiger partial charge in [0.15, 0.2) is 0 Å². The van der Waals surface area contributed by atoms with Crippen molar-refractivity contribution in [3.8, 4) is 5.75 Å². The number of hydrogen-bond donors (Lipinski definition) is 1. The normalized spacial score (nSPS) is 17.0. The minimum atomic E-state index is -3.25. The highest BCUT2D eigenvalue weighted by Gasteiger charge is 2.27. The summed E-state index contributed by atoms with van der Waals surface area (Å²) < 4.78 is 31.0. The Morgan fingerprint density at radius 3 is 2.48 bits per heavy atom. The third-order valence-corrected chi connectivity index (χ3v) is 5.57. The first-order chi connectivity index (χ1) is 10.1. The van der Waals surface area contributed by atoms with Crippen LogP contribution in [0.15, 0.2) is 24.3 Å². The Kier molecular flexibility index (Phi) is 5.44. The summed E-state index contributed by atoms with van der Waals surface area (Å²) in [6.45, 7) is 2.11. The maximum atomic E-state index is 12.1. The van der Waals surface area contributed by atoms with Crippen LogP contribution in [-0.2, 0) is 10.0 Å². The maximum Gasteiger partial charge on any atom is 0.214 e. The molecule has 0 bridgehead atoms. The van der Waals surface area contributed by atoms with Gasteiger partial charge in [0, 0.05) is 32.8 Å². The van der Waals surface area contributed by atoms with E-state index in [0.29, 0.717) is 26.2 Å². The van der Waals surface area contributed by atoms with Gasteiger partial charge in [0.2, 0.25) is 10.0 Å². The highest BCUT2D eigenvalue weighted by atomic mass is 32.2. The molecule has 0 radical (unpaired) electrons. The number of aliphatic hydroxyl groups excluding tert-OH is 1. The zero-order valence-electron chi connectivity index (χ0n) is 12.2. The molecule has 1 aliphatic rings. The van der Waals surface area contributed by atoms with E-state index in [1.807, 2.05) is 24.3 Å². The van der Waals surface area contributed by atoms with Crippen molar-refractivity contribution in [2.75, 3.05) is 50.5 Å². The molecule has 2 rings (SSSR count). The lowest BCUT2D eigenvalue weighted by Crippen LogP contribution is -2.49. The Balaban J connectivity index is 2.00. The highest BCUT2D eigenvalue weighted by molar-refractivity contribution is 7.89. The second kappa shape index (κ2) is 7.11. The summed E-state index contributed by atoms with van der Waals surface area (Å²) in [5.74, 6) is 0.812. The van der Waals surface area contributed by atoms with Gasteiger partial charge in [-0.25, -0.2) is 8.42 Å². The van der Waals surface area contributed by atoms with Crippen LogP contribution in [0.4, 0.5) is 5.69 Å². The highest BCUT2D eigenvalue weighted by Crippen LogP contribution is 2.28. The van der Waals surface area contributed by atoms with E-state index in [1.54, 1.807) is 7.11 Å². The van der Waals surface area contributed by atoms with Gasteiger partial charge in [-0.2, -0.15) is 4.31 Å². The number of rotatable bonds is 6. The van der Waals surface area contributed by atoms with Gasteiger partial charge in [-0.05, 0) is 18.6 Å². The molecule has 0 unspecified atom stereocenters. The average molecular weight is 314 g/mol. The van der Waals surface area contributed by atoms with Gasteiger partial charge in [0.25, 0.3) is 0 Å². The fraction of sp³-hybridized carbons (Fsp3) is 0.571. The fourth-order valence-electron chi connectivity index (χ4n) is 2.47. The molecule has 0 atom stereocenters. The molecule has 7 heteroatoms. The average Bonchev–Trinajstić information content (AvgIpc) is 2.53. The van der Waals surface area contributed by atoms with Gasteiger partial charge >= 0.3 is 0 Å². The molecule has 0 saturated carbocycles. The van der Waals surface area contributed by atoms with Crippen LogP contribution in [0.1, 0.15) is 6.42 Å². The molecular formula is C14H22N2O4S. The van der Waals surface area contributed by atoms with Crippen molar-refractivity contribution in [3.05, 3.63) is 24.3 Å². The summed E-state index contributed by atoms with van der Waals surface area (Å²) in [7, 11) is -1.62. The summed E-state index contributed by atoms with van der Waals surface area (Å²) in [6, 6.07) is 7.74. The van der Waals surface area contributed by atoms with E-state index in [4.69, 9.17) is 9.84 Å². The van der Waals surface area contributed by atoms with Crippen LogP contribution >= 0.6 is 0 Å². The van der Waals surface area contributed by atoms with Crippen molar-refractivity contribution >= 4 is 15.7 Å². The first kappa shape index (κ1) is 16.1. The molecule has 21 heavy (non-hydrogen) atoms. The van der Waals surface area contributed by atoms with Crippen LogP contribution in [-0.4, -0.2) is 63.5 Å². The SMILES string of the molecule is COc1ccccc1N1CCN(S(=O)(=O)CCCO)CC1. The van der Waals surface area contributed by atoms with Crippen molar-refractivity contribution in [2.45, 2.75) is 6.42 Å². The Morgan fingerprint density at radius 2 is 1.86 bits per heavy atom. The molecule has 118 valence electrons. The van der Waals surface area contributed by atoms with E-state index < -0.39 is 10.0 Å². The van der Waals surface area contributed by atoms with Crippen molar-refractivity contribution in [1.82, 2.24) is 4.31 Å². The predicted molar refractivity (Wildman–Crippen MR) is 82.3 cm³/mol. The van der Waals surface area contributed by atoms with Crippen molar-refractivity contribution in [3.63, 3.8) is 0 Å². The third kappa shape index (κ3) is 3.87. The summed E-state index contributed by atoms with van der Waals surface area (Å²) >= 11 is 0. The summed E-state index contributed by atoms with van der Waals surface area (Å²) in [5, 5.41) is 8.77. The van der Waals surface area contributed by atoms with E-state index in [2.05, 4.69) is 4.90 Å².